The van der Waals surface area contributed by atoms with Crippen LogP contribution in [0.25, 0.3) is 0 Å². The minimum atomic E-state index is -0.310. The van der Waals surface area contributed by atoms with Gasteiger partial charge in [-0.25, -0.2) is 0 Å². The van der Waals surface area contributed by atoms with Gasteiger partial charge in [-0.1, -0.05) is 48.5 Å². The van der Waals surface area contributed by atoms with Gasteiger partial charge in [0.1, 0.15) is 11.9 Å². The summed E-state index contributed by atoms with van der Waals surface area (Å²) in [6.07, 6.45) is 0.285. The number of benzene rings is 2. The third-order valence-electron chi connectivity index (χ3n) is 4.52. The number of rotatable bonds is 5. The smallest absolute Gasteiger partial charge is 0.226 e. The highest BCUT2D eigenvalue weighted by Gasteiger charge is 2.38. The Kier molecular flexibility index (Phi) is 5.39. The van der Waals surface area contributed by atoms with Crippen molar-refractivity contribution in [3.8, 4) is 5.75 Å². The number of ether oxygens (including phenoxy) is 2. The molecular weight excluding hydrogens is 314 g/mol. The lowest BCUT2D eigenvalue weighted by Crippen LogP contribution is -2.56. The second-order valence-electron chi connectivity index (χ2n) is 6.94. The first kappa shape index (κ1) is 17.5. The summed E-state index contributed by atoms with van der Waals surface area (Å²) in [5.41, 5.74) is 0.797. The summed E-state index contributed by atoms with van der Waals surface area (Å²) in [7, 11) is 0. The van der Waals surface area contributed by atoms with Crippen LogP contribution in [0.1, 0.15) is 31.9 Å². The molecule has 1 aliphatic rings. The maximum atomic E-state index is 12.8. The largest absolute Gasteiger partial charge is 0.493 e. The first-order chi connectivity index (χ1) is 12.1. The van der Waals surface area contributed by atoms with E-state index < -0.39 is 0 Å². The number of amides is 1. The summed E-state index contributed by atoms with van der Waals surface area (Å²) in [4.78, 5) is 14.7. The van der Waals surface area contributed by atoms with Gasteiger partial charge < -0.3 is 14.4 Å². The number of hydrogen-bond donors (Lipinski definition) is 0. The van der Waals surface area contributed by atoms with Crippen molar-refractivity contribution in [2.24, 2.45) is 0 Å². The van der Waals surface area contributed by atoms with Crippen LogP contribution in [0.4, 0.5) is 0 Å². The molecule has 0 aliphatic carbocycles. The number of carbonyl (C=O) groups excluding carboxylic acids is 1. The normalized spacial score (nSPS) is 19.4. The number of carbonyl (C=O) groups is 1. The Morgan fingerprint density at radius 3 is 2.44 bits per heavy atom. The highest BCUT2D eigenvalue weighted by Crippen LogP contribution is 2.30. The van der Waals surface area contributed by atoms with E-state index in [1.807, 2.05) is 79.4 Å². The second kappa shape index (κ2) is 7.70. The zero-order valence-electron chi connectivity index (χ0n) is 14.9. The van der Waals surface area contributed by atoms with Gasteiger partial charge in [-0.05, 0) is 31.5 Å². The Morgan fingerprint density at radius 1 is 1.12 bits per heavy atom. The maximum absolute atomic E-state index is 12.8. The van der Waals surface area contributed by atoms with Crippen molar-refractivity contribution in [2.75, 3.05) is 19.8 Å². The van der Waals surface area contributed by atoms with Crippen molar-refractivity contribution in [3.63, 3.8) is 0 Å². The van der Waals surface area contributed by atoms with Crippen LogP contribution in [-0.4, -0.2) is 36.1 Å². The minimum Gasteiger partial charge on any atom is -0.493 e. The molecule has 2 aromatic carbocycles. The van der Waals surface area contributed by atoms with E-state index >= 15 is 0 Å². The third kappa shape index (κ3) is 4.40. The van der Waals surface area contributed by atoms with Gasteiger partial charge in [-0.3, -0.25) is 4.79 Å². The molecule has 1 atom stereocenters. The van der Waals surface area contributed by atoms with Crippen LogP contribution >= 0.6 is 0 Å². The van der Waals surface area contributed by atoms with E-state index in [9.17, 15) is 4.79 Å². The fourth-order valence-corrected chi connectivity index (χ4v) is 3.06. The zero-order valence-corrected chi connectivity index (χ0v) is 14.9. The molecule has 1 unspecified atom stereocenters. The van der Waals surface area contributed by atoms with E-state index in [4.69, 9.17) is 9.47 Å². The summed E-state index contributed by atoms with van der Waals surface area (Å²) in [6.45, 7) is 5.57. The van der Waals surface area contributed by atoms with Gasteiger partial charge in [-0.2, -0.15) is 0 Å². The first-order valence-corrected chi connectivity index (χ1v) is 8.71. The molecule has 1 saturated heterocycles. The number of hydrogen-bond acceptors (Lipinski definition) is 3. The molecule has 4 nitrogen and oxygen atoms in total. The van der Waals surface area contributed by atoms with Crippen molar-refractivity contribution in [2.45, 2.75) is 31.9 Å². The quantitative estimate of drug-likeness (QED) is 0.831. The third-order valence-corrected chi connectivity index (χ3v) is 4.52. The molecule has 3 rings (SSSR count). The Morgan fingerprint density at radius 2 is 1.76 bits per heavy atom. The Bertz CT molecular complexity index is 685. The Labute approximate surface area is 149 Å². The highest BCUT2D eigenvalue weighted by atomic mass is 16.5. The van der Waals surface area contributed by atoms with Gasteiger partial charge in [0.25, 0.3) is 0 Å². The Hall–Kier alpha value is -2.33. The van der Waals surface area contributed by atoms with E-state index in [0.29, 0.717) is 26.2 Å². The van der Waals surface area contributed by atoms with Gasteiger partial charge in [0.15, 0.2) is 0 Å². The summed E-state index contributed by atoms with van der Waals surface area (Å²) >= 11 is 0. The lowest BCUT2D eigenvalue weighted by atomic mass is 9.97. The van der Waals surface area contributed by atoms with Crippen molar-refractivity contribution in [3.05, 3.63) is 66.2 Å². The molecule has 1 fully saturated rings. The topological polar surface area (TPSA) is 38.8 Å². The SMILES string of the molecule is CC1(C)COC(c2ccccc2)CN1C(=O)CCOc1ccccc1. The van der Waals surface area contributed by atoms with Crippen LogP contribution in [0.5, 0.6) is 5.75 Å². The van der Waals surface area contributed by atoms with Crippen LogP contribution in [0.3, 0.4) is 0 Å². The van der Waals surface area contributed by atoms with Crippen molar-refractivity contribution in [1.82, 2.24) is 4.90 Å². The molecule has 2 aromatic rings. The van der Waals surface area contributed by atoms with E-state index in [0.717, 1.165) is 11.3 Å². The van der Waals surface area contributed by atoms with Crippen LogP contribution < -0.4 is 4.74 Å². The van der Waals surface area contributed by atoms with E-state index in [2.05, 4.69) is 0 Å². The average molecular weight is 339 g/mol. The minimum absolute atomic E-state index is 0.0757. The summed E-state index contributed by atoms with van der Waals surface area (Å²) in [6, 6.07) is 19.7. The summed E-state index contributed by atoms with van der Waals surface area (Å²) < 4.78 is 11.7. The molecule has 0 aromatic heterocycles. The fourth-order valence-electron chi connectivity index (χ4n) is 3.06. The fraction of sp³-hybridized carbons (Fsp3) is 0.381. The van der Waals surface area contributed by atoms with E-state index in [-0.39, 0.29) is 17.6 Å². The van der Waals surface area contributed by atoms with Gasteiger partial charge >= 0.3 is 0 Å². The molecule has 1 heterocycles. The second-order valence-corrected chi connectivity index (χ2v) is 6.94. The monoisotopic (exact) mass is 339 g/mol. The molecule has 25 heavy (non-hydrogen) atoms. The molecule has 0 radical (unpaired) electrons. The summed E-state index contributed by atoms with van der Waals surface area (Å²) in [5.74, 6) is 0.892. The zero-order chi connectivity index (χ0) is 17.7. The van der Waals surface area contributed by atoms with Crippen LogP contribution in [-0.2, 0) is 9.53 Å². The molecule has 0 spiro atoms. The van der Waals surface area contributed by atoms with Gasteiger partial charge in [-0.15, -0.1) is 0 Å². The lowest BCUT2D eigenvalue weighted by molar-refractivity contribution is -0.155. The molecule has 0 N–H and O–H groups in total. The van der Waals surface area contributed by atoms with Gasteiger partial charge in [0.05, 0.1) is 31.7 Å². The van der Waals surface area contributed by atoms with Crippen LogP contribution in [0.15, 0.2) is 60.7 Å². The molecule has 1 aliphatic heterocycles. The lowest BCUT2D eigenvalue weighted by Gasteiger charge is -2.45. The molecule has 132 valence electrons. The molecule has 0 saturated carbocycles. The predicted molar refractivity (Wildman–Crippen MR) is 97.5 cm³/mol. The molecular formula is C21H25NO3. The van der Waals surface area contributed by atoms with Crippen molar-refractivity contribution < 1.29 is 14.3 Å². The van der Waals surface area contributed by atoms with E-state index in [1.165, 1.54) is 0 Å². The van der Waals surface area contributed by atoms with Crippen LogP contribution in [0, 0.1) is 0 Å². The first-order valence-electron chi connectivity index (χ1n) is 8.71. The molecule has 0 bridgehead atoms. The van der Waals surface area contributed by atoms with Crippen LogP contribution in [0.2, 0.25) is 0 Å². The molecule has 1 amide bonds. The number of morpholine rings is 1. The predicted octanol–water partition coefficient (Wildman–Crippen LogP) is 3.83. The highest BCUT2D eigenvalue weighted by molar-refractivity contribution is 5.77. The van der Waals surface area contributed by atoms with E-state index in [1.54, 1.807) is 0 Å². The maximum Gasteiger partial charge on any atom is 0.226 e. The summed E-state index contributed by atoms with van der Waals surface area (Å²) in [5, 5.41) is 0. The number of para-hydroxylation sites is 1. The van der Waals surface area contributed by atoms with Gasteiger partial charge in [0, 0.05) is 0 Å². The standard InChI is InChI=1S/C21H25NO3/c1-21(2)16-25-19(17-9-5-3-6-10-17)15-22(21)20(23)13-14-24-18-11-7-4-8-12-18/h3-12,19H,13-16H2,1-2H3. The average Bonchev–Trinajstić information content (AvgIpc) is 2.63. The van der Waals surface area contributed by atoms with Crippen molar-refractivity contribution in [1.29, 1.82) is 0 Å². The van der Waals surface area contributed by atoms with Gasteiger partial charge in [0.2, 0.25) is 5.91 Å². The van der Waals surface area contributed by atoms with Crippen molar-refractivity contribution >= 4 is 5.91 Å². The molecule has 4 heteroatoms. The number of nitrogens with zero attached hydrogens (tertiary/aromatic N) is 1. The Balaban J connectivity index is 1.60.